The average molecular weight is 618 g/mol. The maximum Gasteiger partial charge on any atom is 0.0690 e. The van der Waals surface area contributed by atoms with Gasteiger partial charge in [-0.15, -0.1) is 0 Å². The summed E-state index contributed by atoms with van der Waals surface area (Å²) in [6.07, 6.45) is 11.5. The van der Waals surface area contributed by atoms with Gasteiger partial charge in [0.2, 0.25) is 0 Å². The average Bonchev–Trinajstić information content (AvgIpc) is 3.57. The first kappa shape index (κ1) is 23.4. The zero-order chi connectivity index (χ0) is 22.2. The summed E-state index contributed by atoms with van der Waals surface area (Å²) in [4.78, 5) is 13.4. The van der Waals surface area contributed by atoms with Crippen molar-refractivity contribution < 1.29 is 21.1 Å². The quantitative estimate of drug-likeness (QED) is 0.240. The molecule has 5 heterocycles. The fourth-order valence-corrected chi connectivity index (χ4v) is 5.07. The number of H-pyrrole nitrogens is 1. The Kier molecular flexibility index (Phi) is 6.85. The molecule has 172 valence electrons. The van der Waals surface area contributed by atoms with Crippen LogP contribution >= 0.6 is 0 Å². The summed E-state index contributed by atoms with van der Waals surface area (Å²) in [6.45, 7) is 9.93. The van der Waals surface area contributed by atoms with Gasteiger partial charge in [0.15, 0.2) is 0 Å². The molecule has 5 heteroatoms. The van der Waals surface area contributed by atoms with Crippen molar-refractivity contribution in [2.24, 2.45) is 0 Å². The van der Waals surface area contributed by atoms with Crippen LogP contribution < -0.4 is 0 Å². The standard InChI is InChI=1S/C28H30N4.Pt/c1-5-23-24(6-2)28-25(7-3)26-14-13-21(31-26)16-20-10-9-18(29-20)15-19-11-12-22(30-19)17-27(23)32(28)8-4;/h9-17,29H,5-8H2,1-4H3;. The largest absolute Gasteiger partial charge is 0.355 e. The Bertz CT molecular complexity index is 1420. The van der Waals surface area contributed by atoms with Crippen LogP contribution in [0.4, 0.5) is 0 Å². The van der Waals surface area contributed by atoms with E-state index in [1.807, 2.05) is 0 Å². The maximum absolute atomic E-state index is 5.02. The molecule has 0 radical (unpaired) electrons. The molecule has 2 aliphatic heterocycles. The summed E-state index contributed by atoms with van der Waals surface area (Å²) in [5.74, 6) is 0. The van der Waals surface area contributed by atoms with Gasteiger partial charge in [0.1, 0.15) is 0 Å². The molecule has 5 rings (SSSR count). The normalized spacial score (nSPS) is 12.2. The van der Waals surface area contributed by atoms with E-state index >= 15 is 0 Å². The monoisotopic (exact) mass is 617 g/mol. The van der Waals surface area contributed by atoms with Gasteiger partial charge in [0, 0.05) is 49.7 Å². The van der Waals surface area contributed by atoms with Crippen LogP contribution in [0.25, 0.3) is 46.4 Å². The number of aromatic amines is 1. The summed E-state index contributed by atoms with van der Waals surface area (Å²) in [5.41, 5.74) is 12.9. The van der Waals surface area contributed by atoms with E-state index in [1.54, 1.807) is 0 Å². The number of rotatable bonds is 4. The zero-order valence-electron chi connectivity index (χ0n) is 19.7. The molecule has 0 saturated heterocycles. The van der Waals surface area contributed by atoms with Crippen LogP contribution in [0.5, 0.6) is 0 Å². The van der Waals surface area contributed by atoms with Crippen LogP contribution in [0.15, 0.2) is 30.3 Å². The van der Waals surface area contributed by atoms with Gasteiger partial charge in [-0.1, -0.05) is 20.8 Å². The number of fused-ring (bicyclic) bond motifs is 8. The van der Waals surface area contributed by atoms with Crippen LogP contribution in [0.3, 0.4) is 0 Å². The van der Waals surface area contributed by atoms with Crippen LogP contribution in [0, 0.1) is 0 Å². The van der Waals surface area contributed by atoms with Gasteiger partial charge in [0.25, 0.3) is 0 Å². The predicted molar refractivity (Wildman–Crippen MR) is 136 cm³/mol. The Morgan fingerprint density at radius 1 is 0.697 bits per heavy atom. The van der Waals surface area contributed by atoms with Gasteiger partial charge in [0.05, 0.1) is 28.3 Å². The van der Waals surface area contributed by atoms with Crippen LogP contribution in [0.2, 0.25) is 0 Å². The third-order valence-electron chi connectivity index (χ3n) is 6.46. The molecule has 0 aromatic carbocycles. The first-order valence-electron chi connectivity index (χ1n) is 11.8. The molecule has 8 bridgehead atoms. The second-order valence-electron chi connectivity index (χ2n) is 8.33. The van der Waals surface area contributed by atoms with Crippen LogP contribution in [0.1, 0.15) is 67.2 Å². The van der Waals surface area contributed by atoms with Crippen LogP contribution in [-0.2, 0) is 46.9 Å². The van der Waals surface area contributed by atoms with Crippen molar-refractivity contribution in [3.05, 3.63) is 69.8 Å². The van der Waals surface area contributed by atoms with E-state index in [4.69, 9.17) is 9.97 Å². The Morgan fingerprint density at radius 3 is 1.88 bits per heavy atom. The molecule has 3 aromatic rings. The van der Waals surface area contributed by atoms with Crippen molar-refractivity contribution >= 4 is 46.4 Å². The number of hydrogen-bond acceptors (Lipinski definition) is 2. The van der Waals surface area contributed by atoms with E-state index in [9.17, 15) is 0 Å². The van der Waals surface area contributed by atoms with Crippen molar-refractivity contribution in [2.75, 3.05) is 0 Å². The molecule has 0 spiro atoms. The van der Waals surface area contributed by atoms with Gasteiger partial charge in [-0.2, -0.15) is 0 Å². The fourth-order valence-electron chi connectivity index (χ4n) is 5.07. The topological polar surface area (TPSA) is 46.5 Å². The predicted octanol–water partition coefficient (Wildman–Crippen LogP) is 6.83. The molecule has 4 nitrogen and oxygen atoms in total. The van der Waals surface area contributed by atoms with Gasteiger partial charge in [-0.05, 0) is 91.9 Å². The zero-order valence-corrected chi connectivity index (χ0v) is 22.0. The molecule has 0 unspecified atom stereocenters. The number of nitrogens with one attached hydrogen (secondary N) is 1. The molecule has 0 aliphatic carbocycles. The third-order valence-corrected chi connectivity index (χ3v) is 6.46. The Morgan fingerprint density at radius 2 is 1.27 bits per heavy atom. The molecule has 2 aliphatic rings. The van der Waals surface area contributed by atoms with E-state index in [-0.39, 0.29) is 21.1 Å². The second kappa shape index (κ2) is 9.65. The smallest absolute Gasteiger partial charge is 0.0690 e. The second-order valence-corrected chi connectivity index (χ2v) is 8.33. The maximum atomic E-state index is 5.02. The van der Waals surface area contributed by atoms with Crippen molar-refractivity contribution in [3.63, 3.8) is 0 Å². The van der Waals surface area contributed by atoms with E-state index in [0.29, 0.717) is 0 Å². The number of nitrogens with zero attached hydrogens (tertiary/aromatic N) is 3. The van der Waals surface area contributed by atoms with Gasteiger partial charge >= 0.3 is 0 Å². The molecular weight excluding hydrogens is 587 g/mol. The number of aryl methyl sites for hydroxylation is 4. The van der Waals surface area contributed by atoms with Crippen molar-refractivity contribution in [1.82, 2.24) is 19.5 Å². The minimum Gasteiger partial charge on any atom is -0.355 e. The molecule has 1 N–H and O–H groups in total. The van der Waals surface area contributed by atoms with Gasteiger partial charge < -0.3 is 9.55 Å². The summed E-state index contributed by atoms with van der Waals surface area (Å²) < 4.78 is 2.48. The summed E-state index contributed by atoms with van der Waals surface area (Å²) in [5, 5.41) is 0. The number of aromatic nitrogens is 4. The van der Waals surface area contributed by atoms with E-state index < -0.39 is 0 Å². The van der Waals surface area contributed by atoms with E-state index in [0.717, 1.165) is 59.6 Å². The van der Waals surface area contributed by atoms with Gasteiger partial charge in [-0.3, -0.25) is 0 Å². The Balaban J connectivity index is 0.00000259. The summed E-state index contributed by atoms with van der Waals surface area (Å²) in [6, 6.07) is 10.6. The first-order valence-corrected chi connectivity index (χ1v) is 11.8. The number of hydrogen-bond donors (Lipinski definition) is 1. The molecule has 3 aromatic heterocycles. The van der Waals surface area contributed by atoms with Crippen LogP contribution in [-0.4, -0.2) is 19.5 Å². The molecule has 0 saturated carbocycles. The molecule has 0 fully saturated rings. The summed E-state index contributed by atoms with van der Waals surface area (Å²) >= 11 is 0. The fraction of sp³-hybridized carbons (Fsp3) is 0.286. The SMILES string of the molecule is CCc1c(CC)c2c(CC)c3nc(cc4ccc(cc5nc(cc1n2CC)C=C5)[nH]4)C=C3.[Pt]. The van der Waals surface area contributed by atoms with E-state index in [2.05, 4.69) is 91.9 Å². The van der Waals surface area contributed by atoms with Crippen molar-refractivity contribution in [1.29, 1.82) is 0 Å². The van der Waals surface area contributed by atoms with Crippen molar-refractivity contribution in [2.45, 2.75) is 53.5 Å². The molecular formula is C28H30N4Pt. The van der Waals surface area contributed by atoms with Gasteiger partial charge in [-0.25, -0.2) is 9.97 Å². The van der Waals surface area contributed by atoms with Crippen molar-refractivity contribution in [3.8, 4) is 0 Å². The molecule has 33 heavy (non-hydrogen) atoms. The minimum atomic E-state index is 0. The first-order chi connectivity index (χ1) is 15.6. The third kappa shape index (κ3) is 4.17. The molecule has 0 atom stereocenters. The minimum absolute atomic E-state index is 0. The van der Waals surface area contributed by atoms with E-state index in [1.165, 1.54) is 27.7 Å². The summed E-state index contributed by atoms with van der Waals surface area (Å²) in [7, 11) is 0. The Hall–Kier alpha value is -2.71. The molecule has 0 amide bonds. The Labute approximate surface area is 209 Å².